The summed E-state index contributed by atoms with van der Waals surface area (Å²) in [5.74, 6) is -1.28. The van der Waals surface area contributed by atoms with E-state index < -0.39 is 17.3 Å². The summed E-state index contributed by atoms with van der Waals surface area (Å²) < 4.78 is 11.8. The van der Waals surface area contributed by atoms with Gasteiger partial charge in [0, 0.05) is 35.6 Å². The van der Waals surface area contributed by atoms with Gasteiger partial charge in [0.05, 0.1) is 12.2 Å². The van der Waals surface area contributed by atoms with Gasteiger partial charge in [-0.3, -0.25) is 9.59 Å². The maximum Gasteiger partial charge on any atom is 0.341 e. The van der Waals surface area contributed by atoms with Gasteiger partial charge >= 0.3 is 5.97 Å². The summed E-state index contributed by atoms with van der Waals surface area (Å²) in [7, 11) is 1.62. The molecule has 0 saturated heterocycles. The largest absolute Gasteiger partial charge is 0.462 e. The molecule has 0 aromatic heterocycles. The molecule has 30 heavy (non-hydrogen) atoms. The number of anilines is 1. The molecule has 1 amide bonds. The van der Waals surface area contributed by atoms with Crippen molar-refractivity contribution in [2.75, 3.05) is 18.6 Å². The molecule has 0 bridgehead atoms. The number of amides is 1. The highest BCUT2D eigenvalue weighted by Crippen LogP contribution is 2.57. The van der Waals surface area contributed by atoms with Gasteiger partial charge in [0.1, 0.15) is 16.7 Å². The van der Waals surface area contributed by atoms with Crippen molar-refractivity contribution >= 4 is 39.3 Å². The minimum atomic E-state index is -1.69. The van der Waals surface area contributed by atoms with Gasteiger partial charge in [0.15, 0.2) is 5.78 Å². The number of rotatable bonds is 2. The number of esters is 1. The zero-order chi connectivity index (χ0) is 22.0. The van der Waals surface area contributed by atoms with E-state index in [1.54, 1.807) is 32.2 Å². The third-order valence-corrected chi connectivity index (χ3v) is 6.39. The number of allylic oxidation sites excluding steroid dienone is 1. The van der Waals surface area contributed by atoms with Crippen molar-refractivity contribution in [1.29, 1.82) is 0 Å². The number of hydrogen-bond donors (Lipinski definition) is 1. The average Bonchev–Trinajstić information content (AvgIpc) is 2.83. The van der Waals surface area contributed by atoms with Crippen molar-refractivity contribution in [1.82, 2.24) is 0 Å². The van der Waals surface area contributed by atoms with Crippen molar-refractivity contribution in [3.8, 4) is 0 Å². The number of fused-ring (bicyclic) bond motifs is 3. The molecule has 3 aliphatic rings. The summed E-state index contributed by atoms with van der Waals surface area (Å²) in [6.07, 6.45) is 0.653. The van der Waals surface area contributed by atoms with Crippen molar-refractivity contribution in [3.63, 3.8) is 0 Å². The van der Waals surface area contributed by atoms with Gasteiger partial charge in [-0.25, -0.2) is 4.79 Å². The molecule has 2 N–H and O–H groups in total. The van der Waals surface area contributed by atoms with E-state index in [9.17, 15) is 14.4 Å². The molecule has 158 valence electrons. The van der Waals surface area contributed by atoms with Gasteiger partial charge in [-0.2, -0.15) is 0 Å². The second-order valence-electron chi connectivity index (χ2n) is 8.58. The first kappa shape index (κ1) is 20.7. The second-order valence-corrected chi connectivity index (χ2v) is 9.49. The average molecular weight is 475 g/mol. The lowest BCUT2D eigenvalue weighted by molar-refractivity contribution is -0.141. The molecule has 1 aromatic rings. The number of benzene rings is 1. The molecule has 1 aromatic carbocycles. The van der Waals surface area contributed by atoms with Crippen LogP contribution in [0.2, 0.25) is 0 Å². The maximum atomic E-state index is 13.8. The first-order valence-electron chi connectivity index (χ1n) is 9.74. The smallest absolute Gasteiger partial charge is 0.341 e. The Bertz CT molecular complexity index is 1070. The fourth-order valence-electron chi connectivity index (χ4n) is 4.78. The number of hydrogen-bond acceptors (Lipinski definition) is 6. The molecule has 1 aliphatic carbocycles. The minimum absolute atomic E-state index is 0.0912. The van der Waals surface area contributed by atoms with Gasteiger partial charge in [-0.05, 0) is 30.5 Å². The summed E-state index contributed by atoms with van der Waals surface area (Å²) in [5.41, 5.74) is 5.36. The topological polar surface area (TPSA) is 98.9 Å². The van der Waals surface area contributed by atoms with Gasteiger partial charge in [-0.1, -0.05) is 29.8 Å². The van der Waals surface area contributed by atoms with Crippen LogP contribution in [-0.2, 0) is 29.3 Å². The maximum absolute atomic E-state index is 13.8. The molecular formula is C22H23BrN2O5. The van der Waals surface area contributed by atoms with E-state index in [4.69, 9.17) is 15.2 Å². The Morgan fingerprint density at radius 2 is 2.00 bits per heavy atom. The Balaban J connectivity index is 2.11. The molecule has 1 spiro atoms. The highest BCUT2D eigenvalue weighted by atomic mass is 79.9. The first-order valence-corrected chi connectivity index (χ1v) is 10.5. The number of carbonyl (C=O) groups excluding carboxylic acids is 3. The highest BCUT2D eigenvalue weighted by molar-refractivity contribution is 9.10. The fraction of sp³-hybridized carbons (Fsp3) is 0.409. The predicted octanol–water partition coefficient (Wildman–Crippen LogP) is 3.07. The molecule has 0 radical (unpaired) electrons. The van der Waals surface area contributed by atoms with E-state index in [2.05, 4.69) is 15.9 Å². The third-order valence-electron chi connectivity index (χ3n) is 5.89. The zero-order valence-corrected chi connectivity index (χ0v) is 18.9. The van der Waals surface area contributed by atoms with Crippen LogP contribution in [0.1, 0.15) is 39.2 Å². The number of carbonyl (C=O) groups is 3. The summed E-state index contributed by atoms with van der Waals surface area (Å²) in [6.45, 7) is 5.67. The Kier molecular flexibility index (Phi) is 4.61. The fourth-order valence-corrected chi connectivity index (χ4v) is 5.14. The van der Waals surface area contributed by atoms with Crippen LogP contribution in [0.15, 0.2) is 45.5 Å². The molecule has 0 saturated carbocycles. The van der Waals surface area contributed by atoms with E-state index in [1.165, 1.54) is 4.90 Å². The predicted molar refractivity (Wildman–Crippen MR) is 113 cm³/mol. The lowest BCUT2D eigenvalue weighted by atomic mass is 9.62. The molecule has 8 heteroatoms. The van der Waals surface area contributed by atoms with Crippen LogP contribution < -0.4 is 10.6 Å². The number of nitrogens with two attached hydrogens (primary N) is 1. The lowest BCUT2D eigenvalue weighted by Crippen LogP contribution is -2.51. The van der Waals surface area contributed by atoms with Crippen molar-refractivity contribution < 1.29 is 23.9 Å². The quantitative estimate of drug-likeness (QED) is 0.661. The normalized spacial score (nSPS) is 24.8. The number of ketones is 1. The van der Waals surface area contributed by atoms with E-state index in [0.717, 1.165) is 0 Å². The molecule has 0 unspecified atom stereocenters. The number of nitrogens with zero attached hydrogens (tertiary/aromatic N) is 1. The van der Waals surface area contributed by atoms with Crippen LogP contribution in [0.4, 0.5) is 5.69 Å². The van der Waals surface area contributed by atoms with Crippen molar-refractivity contribution in [2.45, 2.75) is 39.0 Å². The monoisotopic (exact) mass is 474 g/mol. The number of likely N-dealkylation sites (N-methyl/N-ethyl adjacent to an activating group) is 1. The Hall–Kier alpha value is -2.61. The molecule has 0 fully saturated rings. The van der Waals surface area contributed by atoms with Gasteiger partial charge in [0.2, 0.25) is 11.8 Å². The van der Waals surface area contributed by atoms with E-state index in [-0.39, 0.29) is 41.3 Å². The van der Waals surface area contributed by atoms with Crippen molar-refractivity contribution in [3.05, 3.63) is 51.0 Å². The summed E-state index contributed by atoms with van der Waals surface area (Å²) >= 11 is 3.45. The number of Topliss-reactive ketones (excluding diaryl/α,β-unsaturated/α-hetero) is 1. The first-order chi connectivity index (χ1) is 14.0. The van der Waals surface area contributed by atoms with Gasteiger partial charge < -0.3 is 20.1 Å². The summed E-state index contributed by atoms with van der Waals surface area (Å²) in [4.78, 5) is 41.8. The number of ether oxygens (including phenoxy) is 2. The SMILES string of the molecule is CCOC(=O)C1=C(N)OC2=C(C(=O)CC(C)(C)C2)[C@@]12C(=O)N(C)c1ccc(Br)cc12. The summed E-state index contributed by atoms with van der Waals surface area (Å²) in [5, 5.41) is 0. The van der Waals surface area contributed by atoms with Crippen LogP contribution in [0.5, 0.6) is 0 Å². The van der Waals surface area contributed by atoms with E-state index >= 15 is 0 Å². The molecular weight excluding hydrogens is 452 g/mol. The Morgan fingerprint density at radius 1 is 1.30 bits per heavy atom. The van der Waals surface area contributed by atoms with Crippen LogP contribution in [0, 0.1) is 5.41 Å². The second kappa shape index (κ2) is 6.70. The van der Waals surface area contributed by atoms with E-state index in [1.807, 2.05) is 13.8 Å². The molecule has 7 nitrogen and oxygen atoms in total. The van der Waals surface area contributed by atoms with Gasteiger partial charge in [0.25, 0.3) is 0 Å². The van der Waals surface area contributed by atoms with E-state index in [0.29, 0.717) is 27.9 Å². The Labute approximate surface area is 183 Å². The van der Waals surface area contributed by atoms with Crippen LogP contribution in [0.3, 0.4) is 0 Å². The van der Waals surface area contributed by atoms with Crippen LogP contribution in [0.25, 0.3) is 0 Å². The number of halogens is 1. The molecule has 2 heterocycles. The van der Waals surface area contributed by atoms with Crippen LogP contribution >= 0.6 is 15.9 Å². The molecule has 1 atom stereocenters. The van der Waals surface area contributed by atoms with Crippen LogP contribution in [-0.4, -0.2) is 31.3 Å². The third kappa shape index (κ3) is 2.66. The Morgan fingerprint density at radius 3 is 2.67 bits per heavy atom. The minimum Gasteiger partial charge on any atom is -0.462 e. The van der Waals surface area contributed by atoms with Crippen molar-refractivity contribution in [2.24, 2.45) is 11.1 Å². The molecule has 2 aliphatic heterocycles. The molecule has 4 rings (SSSR count). The van der Waals surface area contributed by atoms with Gasteiger partial charge in [-0.15, -0.1) is 0 Å². The lowest BCUT2D eigenvalue weighted by Gasteiger charge is -2.42. The standard InChI is InChI=1S/C22H23BrN2O5/c1-5-29-19(27)17-18(24)30-15-10-21(2,3)9-14(26)16(15)22(17)12-8-11(23)6-7-13(12)25(4)20(22)28/h6-8H,5,9-10,24H2,1-4H3/t22-/m1/s1. The zero-order valence-electron chi connectivity index (χ0n) is 17.3. The highest BCUT2D eigenvalue weighted by Gasteiger charge is 2.64. The summed E-state index contributed by atoms with van der Waals surface area (Å²) in [6, 6.07) is 5.34.